The van der Waals surface area contributed by atoms with Crippen molar-refractivity contribution in [2.45, 2.75) is 12.2 Å². The minimum Gasteiger partial charge on any atom is -0.293 e. The van der Waals surface area contributed by atoms with E-state index in [-0.39, 0.29) is 23.4 Å². The van der Waals surface area contributed by atoms with E-state index < -0.39 is 11.4 Å². The van der Waals surface area contributed by atoms with Crippen molar-refractivity contribution in [3.8, 4) is 17.1 Å². The molecule has 0 bridgehead atoms. The Hall–Kier alpha value is -4.29. The van der Waals surface area contributed by atoms with Crippen LogP contribution in [0.1, 0.15) is 12.0 Å². The summed E-state index contributed by atoms with van der Waals surface area (Å²) in [4.78, 5) is 23.1. The van der Waals surface area contributed by atoms with Crippen molar-refractivity contribution in [1.82, 2.24) is 19.1 Å². The number of imidazole rings is 1. The van der Waals surface area contributed by atoms with Gasteiger partial charge in [-0.25, -0.2) is 14.4 Å². The number of allylic oxidation sites excluding steroid dienone is 4. The third-order valence-electron chi connectivity index (χ3n) is 6.32. The normalized spacial score (nSPS) is 17.3. The second-order valence-electron chi connectivity index (χ2n) is 8.59. The van der Waals surface area contributed by atoms with Crippen LogP contribution in [0.4, 0.5) is 4.39 Å². The number of alkyl halides is 1. The van der Waals surface area contributed by atoms with E-state index in [9.17, 15) is 4.79 Å². The summed E-state index contributed by atoms with van der Waals surface area (Å²) in [6, 6.07) is 25.9. The molecule has 0 N–H and O–H groups in total. The molecule has 0 amide bonds. The molecule has 2 aromatic heterocycles. The number of fused-ring (bicyclic) bond motifs is 1. The first-order valence-corrected chi connectivity index (χ1v) is 11.9. The quantitative estimate of drug-likeness (QED) is 0.284. The maximum absolute atomic E-state index is 16.8. The number of rotatable bonds is 4. The number of nitrogens with zero attached hydrogens (tertiary/aromatic N) is 4. The Morgan fingerprint density at radius 1 is 0.889 bits per heavy atom. The van der Waals surface area contributed by atoms with Crippen molar-refractivity contribution < 1.29 is 4.39 Å². The summed E-state index contributed by atoms with van der Waals surface area (Å²) in [5, 5.41) is 0.532. The fourth-order valence-electron chi connectivity index (χ4n) is 4.51. The lowest BCUT2D eigenvalue weighted by atomic mass is 9.95. The number of hydrogen-bond acceptors (Lipinski definition) is 3. The predicted octanol–water partition coefficient (Wildman–Crippen LogP) is 6.57. The molecule has 2 heterocycles. The van der Waals surface area contributed by atoms with Crippen LogP contribution in [-0.2, 0) is 5.79 Å². The van der Waals surface area contributed by atoms with Crippen molar-refractivity contribution in [1.29, 1.82) is 0 Å². The van der Waals surface area contributed by atoms with Gasteiger partial charge in [-0.3, -0.25) is 13.9 Å². The molecule has 5 aromatic rings. The minimum absolute atomic E-state index is 0.0269. The van der Waals surface area contributed by atoms with Gasteiger partial charge in [-0.05, 0) is 53.6 Å². The molecule has 0 aliphatic heterocycles. The van der Waals surface area contributed by atoms with Gasteiger partial charge in [0.2, 0.25) is 5.79 Å². The molecule has 176 valence electrons. The Morgan fingerprint density at radius 3 is 2.25 bits per heavy atom. The van der Waals surface area contributed by atoms with E-state index in [2.05, 4.69) is 9.97 Å². The highest BCUT2D eigenvalue weighted by molar-refractivity contribution is 6.30. The van der Waals surface area contributed by atoms with Crippen molar-refractivity contribution in [2.75, 3.05) is 0 Å². The van der Waals surface area contributed by atoms with Crippen molar-refractivity contribution >= 4 is 28.3 Å². The molecule has 0 saturated heterocycles. The lowest BCUT2D eigenvalue weighted by Crippen LogP contribution is -2.39. The van der Waals surface area contributed by atoms with Gasteiger partial charge in [0, 0.05) is 22.7 Å². The highest BCUT2D eigenvalue weighted by atomic mass is 35.5. The molecule has 0 saturated carbocycles. The van der Waals surface area contributed by atoms with Crippen LogP contribution in [0.2, 0.25) is 5.02 Å². The fraction of sp³-hybridized carbons (Fsp3) is 0.0690. The third kappa shape index (κ3) is 3.76. The summed E-state index contributed by atoms with van der Waals surface area (Å²) in [5.41, 5.74) is 3.12. The average molecular weight is 495 g/mol. The van der Waals surface area contributed by atoms with Gasteiger partial charge in [-0.1, -0.05) is 72.3 Å². The van der Waals surface area contributed by atoms with Gasteiger partial charge < -0.3 is 0 Å². The van der Waals surface area contributed by atoms with Gasteiger partial charge in [-0.15, -0.1) is 0 Å². The molecular formula is C29H20ClFN4O. The van der Waals surface area contributed by atoms with Gasteiger partial charge in [0.05, 0.1) is 0 Å². The largest absolute Gasteiger partial charge is 0.293 e. The van der Waals surface area contributed by atoms with E-state index in [4.69, 9.17) is 11.6 Å². The number of benzene rings is 3. The molecule has 1 aliphatic carbocycles. The molecular weight excluding hydrogens is 475 g/mol. The maximum Gasteiger partial charge on any atom is 0.283 e. The Kier molecular flexibility index (Phi) is 5.38. The topological polar surface area (TPSA) is 52.7 Å². The Labute approximate surface area is 211 Å². The van der Waals surface area contributed by atoms with Crippen molar-refractivity contribution in [2.24, 2.45) is 0 Å². The van der Waals surface area contributed by atoms with Gasteiger partial charge in [-0.2, -0.15) is 0 Å². The van der Waals surface area contributed by atoms with Gasteiger partial charge in [0.15, 0.2) is 11.2 Å². The van der Waals surface area contributed by atoms with Crippen LogP contribution >= 0.6 is 11.6 Å². The van der Waals surface area contributed by atoms with Crippen LogP contribution in [-0.4, -0.2) is 19.1 Å². The molecule has 0 spiro atoms. The highest BCUT2D eigenvalue weighted by Crippen LogP contribution is 2.36. The van der Waals surface area contributed by atoms with Crippen LogP contribution < -0.4 is 5.56 Å². The van der Waals surface area contributed by atoms with Crippen molar-refractivity contribution in [3.63, 3.8) is 0 Å². The number of halogens is 2. The molecule has 7 heteroatoms. The van der Waals surface area contributed by atoms with E-state index in [1.807, 2.05) is 66.7 Å². The number of hydrogen-bond donors (Lipinski definition) is 0. The first-order valence-electron chi connectivity index (χ1n) is 11.5. The highest BCUT2D eigenvalue weighted by Gasteiger charge is 2.35. The monoisotopic (exact) mass is 494 g/mol. The SMILES string of the molecule is O=c1c2c(ncn2-c2ccccc2)nc(-c2ccc(Cl)cc2)n1C1(F)C=CC(c2ccccc2)=CC1. The number of para-hydroxylation sites is 1. The van der Waals surface area contributed by atoms with Crippen LogP contribution in [0.25, 0.3) is 33.8 Å². The Balaban J connectivity index is 1.57. The van der Waals surface area contributed by atoms with E-state index in [1.54, 1.807) is 41.2 Å². The fourth-order valence-corrected chi connectivity index (χ4v) is 4.64. The molecule has 3 aromatic carbocycles. The smallest absolute Gasteiger partial charge is 0.283 e. The summed E-state index contributed by atoms with van der Waals surface area (Å²) in [7, 11) is 0. The molecule has 1 atom stereocenters. The molecule has 0 radical (unpaired) electrons. The van der Waals surface area contributed by atoms with Crippen LogP contribution in [0, 0.1) is 0 Å². The average Bonchev–Trinajstić information content (AvgIpc) is 3.35. The van der Waals surface area contributed by atoms with E-state index >= 15 is 4.39 Å². The first kappa shape index (κ1) is 22.2. The second kappa shape index (κ2) is 8.73. The molecule has 0 fully saturated rings. The van der Waals surface area contributed by atoms with E-state index in [0.29, 0.717) is 10.6 Å². The van der Waals surface area contributed by atoms with E-state index in [0.717, 1.165) is 21.4 Å². The summed E-state index contributed by atoms with van der Waals surface area (Å²) in [6.07, 6.45) is 6.48. The Morgan fingerprint density at radius 2 is 1.58 bits per heavy atom. The van der Waals surface area contributed by atoms with Crippen LogP contribution in [0.5, 0.6) is 0 Å². The summed E-state index contributed by atoms with van der Waals surface area (Å²) in [6.45, 7) is 0. The molecule has 5 nitrogen and oxygen atoms in total. The number of aromatic nitrogens is 4. The molecule has 1 aliphatic rings. The van der Waals surface area contributed by atoms with Crippen molar-refractivity contribution in [3.05, 3.63) is 130 Å². The first-order chi connectivity index (χ1) is 17.5. The van der Waals surface area contributed by atoms with Crippen LogP contribution in [0.15, 0.2) is 114 Å². The molecule has 6 rings (SSSR count). The lowest BCUT2D eigenvalue weighted by Gasteiger charge is -2.28. The molecule has 1 unspecified atom stereocenters. The predicted molar refractivity (Wildman–Crippen MR) is 141 cm³/mol. The lowest BCUT2D eigenvalue weighted by molar-refractivity contribution is 0.132. The maximum atomic E-state index is 16.8. The molecule has 36 heavy (non-hydrogen) atoms. The zero-order chi connectivity index (χ0) is 24.7. The summed E-state index contributed by atoms with van der Waals surface area (Å²) < 4.78 is 19.6. The zero-order valence-corrected chi connectivity index (χ0v) is 19.8. The standard InChI is InChI=1S/C29H20ClFN4O/c30-23-13-11-22(12-14-23)27-33-26-25(34(19-32-26)24-9-5-2-6-10-24)28(36)35(27)29(31)17-15-21(16-18-29)20-7-3-1-4-8-20/h1-17,19H,18H2. The van der Waals surface area contributed by atoms with Gasteiger partial charge in [0.25, 0.3) is 5.56 Å². The summed E-state index contributed by atoms with van der Waals surface area (Å²) in [5.74, 6) is -1.94. The van der Waals surface area contributed by atoms with Crippen LogP contribution in [0.3, 0.4) is 0 Å². The minimum atomic E-state index is -2.13. The third-order valence-corrected chi connectivity index (χ3v) is 6.57. The Bertz CT molecular complexity index is 1690. The second-order valence-corrected chi connectivity index (χ2v) is 9.02. The van der Waals surface area contributed by atoms with E-state index in [1.165, 1.54) is 6.08 Å². The van der Waals surface area contributed by atoms with Gasteiger partial charge in [0.1, 0.15) is 12.2 Å². The summed E-state index contributed by atoms with van der Waals surface area (Å²) >= 11 is 6.09. The zero-order valence-electron chi connectivity index (χ0n) is 19.1. The van der Waals surface area contributed by atoms with Gasteiger partial charge >= 0.3 is 0 Å².